The van der Waals surface area contributed by atoms with E-state index in [0.717, 1.165) is 6.07 Å². The maximum Gasteiger partial charge on any atom is 0.451 e. The highest BCUT2D eigenvalue weighted by atomic mass is 35.5. The summed E-state index contributed by atoms with van der Waals surface area (Å²) in [5.41, 5.74) is -1.64. The van der Waals surface area contributed by atoms with Crippen LogP contribution in [0.5, 0.6) is 0 Å². The minimum atomic E-state index is -4.76. The molecule has 0 spiro atoms. The van der Waals surface area contributed by atoms with Crippen LogP contribution in [0.3, 0.4) is 0 Å². The minimum Gasteiger partial charge on any atom is -0.373 e. The largest absolute Gasteiger partial charge is 0.451 e. The fourth-order valence-corrected chi connectivity index (χ4v) is 1.67. The predicted octanol–water partition coefficient (Wildman–Crippen LogP) is 4.04. The van der Waals surface area contributed by atoms with E-state index in [1.807, 2.05) is 0 Å². The molecule has 2 heterocycles. The summed E-state index contributed by atoms with van der Waals surface area (Å²) in [5.74, 6) is -1.30. The molecular weight excluding hydrogens is 350 g/mol. The summed E-state index contributed by atoms with van der Waals surface area (Å²) in [5, 5.41) is 2.55. The highest BCUT2D eigenvalue weighted by molar-refractivity contribution is 5.85. The van der Waals surface area contributed by atoms with Gasteiger partial charge in [0.2, 0.25) is 5.82 Å². The number of anilines is 1. The van der Waals surface area contributed by atoms with Gasteiger partial charge in [-0.1, -0.05) is 0 Å². The van der Waals surface area contributed by atoms with Gasteiger partial charge in [-0.25, -0.2) is 15.0 Å². The third-order valence-corrected chi connectivity index (χ3v) is 2.68. The summed E-state index contributed by atoms with van der Waals surface area (Å²) in [6.07, 6.45) is -7.49. The smallest absolute Gasteiger partial charge is 0.373 e. The SMILES string of the molecule is CNc1cc(-c2cnc(C(F)(F)F)nc2)c(C(F)(F)F)cn1.Cl. The van der Waals surface area contributed by atoms with Crippen molar-refractivity contribution in [3.63, 3.8) is 0 Å². The molecular formula is C12H9ClF6N4. The number of nitrogens with one attached hydrogen (secondary N) is 1. The fraction of sp³-hybridized carbons (Fsp3) is 0.250. The molecule has 0 unspecified atom stereocenters. The average molecular weight is 359 g/mol. The number of alkyl halides is 6. The highest BCUT2D eigenvalue weighted by Gasteiger charge is 2.36. The van der Waals surface area contributed by atoms with Crippen molar-refractivity contribution in [1.82, 2.24) is 15.0 Å². The van der Waals surface area contributed by atoms with E-state index in [4.69, 9.17) is 0 Å². The molecule has 0 saturated carbocycles. The third-order valence-electron chi connectivity index (χ3n) is 2.68. The van der Waals surface area contributed by atoms with Crippen LogP contribution in [-0.4, -0.2) is 22.0 Å². The van der Waals surface area contributed by atoms with E-state index in [1.54, 1.807) is 0 Å². The van der Waals surface area contributed by atoms with Gasteiger partial charge in [0.1, 0.15) is 5.82 Å². The first-order chi connectivity index (χ1) is 10.1. The molecule has 1 N–H and O–H groups in total. The quantitative estimate of drug-likeness (QED) is 0.823. The monoisotopic (exact) mass is 358 g/mol. The number of rotatable bonds is 2. The maximum atomic E-state index is 13.0. The summed E-state index contributed by atoms with van der Waals surface area (Å²) in [4.78, 5) is 9.68. The molecule has 126 valence electrons. The molecule has 2 rings (SSSR count). The number of hydrogen-bond donors (Lipinski definition) is 1. The Kier molecular flexibility index (Phi) is 5.41. The van der Waals surface area contributed by atoms with Crippen molar-refractivity contribution in [3.05, 3.63) is 36.0 Å². The third kappa shape index (κ3) is 4.21. The van der Waals surface area contributed by atoms with E-state index in [-0.39, 0.29) is 29.4 Å². The molecule has 0 aliphatic rings. The van der Waals surface area contributed by atoms with Gasteiger partial charge in [-0.15, -0.1) is 12.4 Å². The molecule has 0 aromatic carbocycles. The van der Waals surface area contributed by atoms with Gasteiger partial charge in [-0.05, 0) is 6.07 Å². The van der Waals surface area contributed by atoms with E-state index in [9.17, 15) is 26.3 Å². The predicted molar refractivity (Wildman–Crippen MR) is 72.1 cm³/mol. The zero-order valence-electron chi connectivity index (χ0n) is 11.3. The second-order valence-corrected chi connectivity index (χ2v) is 4.16. The molecule has 2 aromatic heterocycles. The molecule has 2 aromatic rings. The minimum absolute atomic E-state index is 0. The van der Waals surface area contributed by atoms with Crippen molar-refractivity contribution >= 4 is 18.2 Å². The number of halogens is 7. The standard InChI is InChI=1S/C12H8F6N4.ClH/c1-19-9-2-7(8(5-20-9)11(13,14)15)6-3-21-10(22-4-6)12(16,17)18;/h2-5H,1H3,(H,19,20);1H. The molecule has 0 saturated heterocycles. The number of aromatic nitrogens is 3. The van der Waals surface area contributed by atoms with Gasteiger partial charge in [-0.3, -0.25) is 0 Å². The van der Waals surface area contributed by atoms with Crippen LogP contribution in [0.1, 0.15) is 11.4 Å². The first kappa shape index (κ1) is 18.9. The Labute approximate surface area is 132 Å². The number of pyridine rings is 1. The van der Waals surface area contributed by atoms with E-state index in [0.29, 0.717) is 18.6 Å². The average Bonchev–Trinajstić information content (AvgIpc) is 2.45. The van der Waals surface area contributed by atoms with E-state index in [2.05, 4.69) is 20.3 Å². The molecule has 11 heteroatoms. The lowest BCUT2D eigenvalue weighted by Gasteiger charge is -2.14. The Bertz CT molecular complexity index is 669. The summed E-state index contributed by atoms with van der Waals surface area (Å²) >= 11 is 0. The van der Waals surface area contributed by atoms with Crippen LogP contribution in [0, 0.1) is 0 Å². The second-order valence-electron chi connectivity index (χ2n) is 4.16. The van der Waals surface area contributed by atoms with Crippen molar-refractivity contribution in [1.29, 1.82) is 0 Å². The highest BCUT2D eigenvalue weighted by Crippen LogP contribution is 2.37. The van der Waals surface area contributed by atoms with Gasteiger partial charge in [-0.2, -0.15) is 26.3 Å². The molecule has 23 heavy (non-hydrogen) atoms. The molecule has 0 aliphatic heterocycles. The second kappa shape index (κ2) is 6.57. The van der Waals surface area contributed by atoms with E-state index in [1.165, 1.54) is 7.05 Å². The van der Waals surface area contributed by atoms with Crippen LogP contribution in [0.25, 0.3) is 11.1 Å². The summed E-state index contributed by atoms with van der Waals surface area (Å²) in [7, 11) is 1.45. The summed E-state index contributed by atoms with van der Waals surface area (Å²) in [6, 6.07) is 1.06. The topological polar surface area (TPSA) is 50.7 Å². The van der Waals surface area contributed by atoms with Crippen molar-refractivity contribution in [3.8, 4) is 11.1 Å². The van der Waals surface area contributed by atoms with Gasteiger partial charge in [0.05, 0.1) is 5.56 Å². The van der Waals surface area contributed by atoms with Crippen LogP contribution >= 0.6 is 12.4 Å². The van der Waals surface area contributed by atoms with Gasteiger partial charge < -0.3 is 5.32 Å². The van der Waals surface area contributed by atoms with E-state index >= 15 is 0 Å². The summed E-state index contributed by atoms with van der Waals surface area (Å²) in [6.45, 7) is 0. The normalized spacial score (nSPS) is 11.8. The van der Waals surface area contributed by atoms with Crippen molar-refractivity contribution < 1.29 is 26.3 Å². The lowest BCUT2D eigenvalue weighted by molar-refractivity contribution is -0.145. The molecule has 0 atom stereocenters. The van der Waals surface area contributed by atoms with Crippen molar-refractivity contribution in [2.24, 2.45) is 0 Å². The van der Waals surface area contributed by atoms with Crippen LogP contribution in [-0.2, 0) is 12.4 Å². The number of nitrogens with zero attached hydrogens (tertiary/aromatic N) is 3. The van der Waals surface area contributed by atoms with Crippen LogP contribution in [0.4, 0.5) is 32.2 Å². The molecule has 0 radical (unpaired) electrons. The fourth-order valence-electron chi connectivity index (χ4n) is 1.67. The Morgan fingerprint density at radius 2 is 1.43 bits per heavy atom. The Morgan fingerprint density at radius 3 is 1.87 bits per heavy atom. The number of hydrogen-bond acceptors (Lipinski definition) is 4. The lowest BCUT2D eigenvalue weighted by Crippen LogP contribution is -2.12. The van der Waals surface area contributed by atoms with Gasteiger partial charge in [0.15, 0.2) is 0 Å². The van der Waals surface area contributed by atoms with Crippen LogP contribution in [0.2, 0.25) is 0 Å². The van der Waals surface area contributed by atoms with Gasteiger partial charge in [0.25, 0.3) is 0 Å². The van der Waals surface area contributed by atoms with Crippen LogP contribution in [0.15, 0.2) is 24.7 Å². The zero-order valence-corrected chi connectivity index (χ0v) is 12.1. The zero-order chi connectivity index (χ0) is 16.5. The molecule has 4 nitrogen and oxygen atoms in total. The Balaban J connectivity index is 0.00000264. The first-order valence-corrected chi connectivity index (χ1v) is 5.77. The Hall–Kier alpha value is -2.10. The molecule has 0 amide bonds. The van der Waals surface area contributed by atoms with Crippen molar-refractivity contribution in [2.45, 2.75) is 12.4 Å². The van der Waals surface area contributed by atoms with Gasteiger partial charge >= 0.3 is 12.4 Å². The van der Waals surface area contributed by atoms with Crippen LogP contribution < -0.4 is 5.32 Å². The maximum absolute atomic E-state index is 13.0. The van der Waals surface area contributed by atoms with E-state index < -0.39 is 23.7 Å². The van der Waals surface area contributed by atoms with Crippen molar-refractivity contribution in [2.75, 3.05) is 12.4 Å². The van der Waals surface area contributed by atoms with Gasteiger partial charge in [0, 0.05) is 36.8 Å². The molecule has 0 aliphatic carbocycles. The lowest BCUT2D eigenvalue weighted by atomic mass is 10.0. The molecule has 0 bridgehead atoms. The Morgan fingerprint density at radius 1 is 0.870 bits per heavy atom. The summed E-state index contributed by atoms with van der Waals surface area (Å²) < 4.78 is 76.0. The first-order valence-electron chi connectivity index (χ1n) is 5.77. The molecule has 0 fully saturated rings.